The second-order valence-corrected chi connectivity index (χ2v) is 5.18. The zero-order valence-corrected chi connectivity index (χ0v) is 12.3. The lowest BCUT2D eigenvalue weighted by Crippen LogP contribution is -2.56. The molecule has 2 rings (SSSR count). The third kappa shape index (κ3) is 4.39. The van der Waals surface area contributed by atoms with E-state index in [-0.39, 0.29) is 5.91 Å². The van der Waals surface area contributed by atoms with Gasteiger partial charge in [-0.1, -0.05) is 24.3 Å². The van der Waals surface area contributed by atoms with E-state index in [2.05, 4.69) is 5.32 Å². The molecule has 1 aromatic rings. The highest BCUT2D eigenvalue weighted by molar-refractivity contribution is 5.98. The summed E-state index contributed by atoms with van der Waals surface area (Å²) < 4.78 is 0. The largest absolute Gasteiger partial charge is 0.324 e. The molecule has 1 saturated carbocycles. The minimum Gasteiger partial charge on any atom is -0.324 e. The van der Waals surface area contributed by atoms with E-state index >= 15 is 0 Å². The molecule has 1 aromatic carbocycles. The van der Waals surface area contributed by atoms with Crippen molar-refractivity contribution in [1.29, 1.82) is 0 Å². The van der Waals surface area contributed by atoms with E-state index in [0.717, 1.165) is 30.5 Å². The molecule has 0 unspecified atom stereocenters. The lowest BCUT2D eigenvalue weighted by atomic mass is 9.77. The summed E-state index contributed by atoms with van der Waals surface area (Å²) in [5, 5.41) is 2.86. The molecule has 5 nitrogen and oxygen atoms in total. The maximum absolute atomic E-state index is 12.0. The van der Waals surface area contributed by atoms with Crippen molar-refractivity contribution < 1.29 is 14.6 Å². The van der Waals surface area contributed by atoms with Gasteiger partial charge in [0.1, 0.15) is 6.61 Å². The molecule has 0 aromatic heterocycles. The highest BCUT2D eigenvalue weighted by atomic mass is 17.2. The van der Waals surface area contributed by atoms with Gasteiger partial charge in [0.2, 0.25) is 5.91 Å². The maximum Gasteiger partial charge on any atom is 0.244 e. The van der Waals surface area contributed by atoms with E-state index in [9.17, 15) is 4.79 Å². The Hall–Kier alpha value is -1.69. The second kappa shape index (κ2) is 7.36. The summed E-state index contributed by atoms with van der Waals surface area (Å²) in [5.41, 5.74) is 7.10. The number of carbonyl (C=O) groups excluding carboxylic acids is 1. The molecule has 0 atom stereocenters. The van der Waals surface area contributed by atoms with Crippen LogP contribution in [0.4, 0.5) is 5.69 Å². The molecule has 1 amide bonds. The Kier molecular flexibility index (Phi) is 5.50. The lowest BCUT2D eigenvalue weighted by molar-refractivity contribution is -0.282. The minimum atomic E-state index is -0.671. The summed E-state index contributed by atoms with van der Waals surface area (Å²) in [4.78, 5) is 21.6. The van der Waals surface area contributed by atoms with E-state index in [0.29, 0.717) is 13.2 Å². The smallest absolute Gasteiger partial charge is 0.244 e. The highest BCUT2D eigenvalue weighted by Gasteiger charge is 2.39. The molecular weight excluding hydrogens is 268 g/mol. The Labute approximate surface area is 125 Å². The first kappa shape index (κ1) is 15.7. The third-order valence-corrected chi connectivity index (χ3v) is 3.54. The van der Waals surface area contributed by atoms with Gasteiger partial charge in [-0.05, 0) is 43.9 Å². The Morgan fingerprint density at radius 2 is 2.05 bits per heavy atom. The number of anilines is 1. The number of hydrogen-bond acceptors (Lipinski definition) is 4. The van der Waals surface area contributed by atoms with Crippen LogP contribution >= 0.6 is 0 Å². The first-order valence-corrected chi connectivity index (χ1v) is 7.25. The molecule has 0 saturated heterocycles. The molecule has 1 aliphatic rings. The fourth-order valence-electron chi connectivity index (χ4n) is 2.07. The van der Waals surface area contributed by atoms with Crippen LogP contribution < -0.4 is 11.1 Å². The molecule has 114 valence electrons. The van der Waals surface area contributed by atoms with E-state index in [4.69, 9.17) is 15.5 Å². The van der Waals surface area contributed by atoms with Crippen LogP contribution in [0, 0.1) is 0 Å². The van der Waals surface area contributed by atoms with Crippen molar-refractivity contribution in [2.45, 2.75) is 31.7 Å². The molecule has 0 aliphatic heterocycles. The Morgan fingerprint density at radius 1 is 1.33 bits per heavy atom. The Balaban J connectivity index is 1.83. The van der Waals surface area contributed by atoms with E-state index in [1.54, 1.807) is 0 Å². The number of nitrogens with two attached hydrogens (primary N) is 1. The van der Waals surface area contributed by atoms with Gasteiger partial charge < -0.3 is 11.1 Å². The van der Waals surface area contributed by atoms with Gasteiger partial charge in [0.25, 0.3) is 0 Å². The van der Waals surface area contributed by atoms with Crippen LogP contribution in [-0.2, 0) is 14.6 Å². The standard InChI is InChI=1S/C16H22N2O3/c1-2-20-21-12-3-5-13-6-8-14(9-7-13)18-15(19)16(17)10-4-11-16/h3,5-9H,2,4,10-12,17H2,1H3,(H,18,19)/b5-3+. The minimum absolute atomic E-state index is 0.0952. The summed E-state index contributed by atoms with van der Waals surface area (Å²) in [6, 6.07) is 7.58. The van der Waals surface area contributed by atoms with Crippen LogP contribution in [0.3, 0.4) is 0 Å². The van der Waals surface area contributed by atoms with Gasteiger partial charge in [-0.2, -0.15) is 0 Å². The number of hydrogen-bond donors (Lipinski definition) is 2. The summed E-state index contributed by atoms with van der Waals surface area (Å²) in [6.07, 6.45) is 6.35. The summed E-state index contributed by atoms with van der Waals surface area (Å²) in [5.74, 6) is -0.0952. The zero-order valence-electron chi connectivity index (χ0n) is 12.3. The van der Waals surface area contributed by atoms with Crippen LogP contribution in [0.5, 0.6) is 0 Å². The van der Waals surface area contributed by atoms with Gasteiger partial charge in [-0.3, -0.25) is 4.79 Å². The average Bonchev–Trinajstić information content (AvgIpc) is 2.46. The van der Waals surface area contributed by atoms with Crippen LogP contribution in [0.25, 0.3) is 6.08 Å². The predicted molar refractivity (Wildman–Crippen MR) is 82.5 cm³/mol. The Bertz CT molecular complexity index is 493. The van der Waals surface area contributed by atoms with Crippen molar-refractivity contribution in [3.63, 3.8) is 0 Å². The predicted octanol–water partition coefficient (Wildman–Crippen LogP) is 2.49. The number of carbonyl (C=O) groups is 1. The quantitative estimate of drug-likeness (QED) is 0.459. The Morgan fingerprint density at radius 3 is 2.62 bits per heavy atom. The highest BCUT2D eigenvalue weighted by Crippen LogP contribution is 2.30. The van der Waals surface area contributed by atoms with E-state index in [1.807, 2.05) is 43.3 Å². The molecular formula is C16H22N2O3. The maximum atomic E-state index is 12.0. The number of amides is 1. The van der Waals surface area contributed by atoms with Crippen LogP contribution in [0.2, 0.25) is 0 Å². The van der Waals surface area contributed by atoms with Crippen LogP contribution in [0.15, 0.2) is 30.3 Å². The normalized spacial score (nSPS) is 16.7. The van der Waals surface area contributed by atoms with Gasteiger partial charge >= 0.3 is 0 Å². The zero-order chi connectivity index (χ0) is 15.1. The van der Waals surface area contributed by atoms with Gasteiger partial charge in [0.15, 0.2) is 0 Å². The molecule has 3 N–H and O–H groups in total. The monoisotopic (exact) mass is 290 g/mol. The second-order valence-electron chi connectivity index (χ2n) is 5.18. The van der Waals surface area contributed by atoms with Crippen molar-refractivity contribution >= 4 is 17.7 Å². The lowest BCUT2D eigenvalue weighted by Gasteiger charge is -2.36. The summed E-state index contributed by atoms with van der Waals surface area (Å²) in [7, 11) is 0. The fraction of sp³-hybridized carbons (Fsp3) is 0.438. The molecule has 0 heterocycles. The van der Waals surface area contributed by atoms with Gasteiger partial charge in [0, 0.05) is 5.69 Å². The molecule has 0 spiro atoms. The van der Waals surface area contributed by atoms with Crippen LogP contribution in [-0.4, -0.2) is 24.7 Å². The van der Waals surface area contributed by atoms with Gasteiger partial charge in [-0.15, -0.1) is 0 Å². The molecule has 0 radical (unpaired) electrons. The summed E-state index contributed by atoms with van der Waals surface area (Å²) in [6.45, 7) is 2.80. The molecule has 1 aliphatic carbocycles. The van der Waals surface area contributed by atoms with Gasteiger partial charge in [0.05, 0.1) is 12.1 Å². The first-order valence-electron chi connectivity index (χ1n) is 7.25. The number of nitrogens with one attached hydrogen (secondary N) is 1. The molecule has 0 bridgehead atoms. The van der Waals surface area contributed by atoms with Crippen molar-refractivity contribution in [3.05, 3.63) is 35.9 Å². The van der Waals surface area contributed by atoms with E-state index in [1.165, 1.54) is 0 Å². The first-order chi connectivity index (χ1) is 10.1. The number of rotatable bonds is 7. The molecule has 5 heteroatoms. The topological polar surface area (TPSA) is 73.6 Å². The third-order valence-electron chi connectivity index (χ3n) is 3.54. The number of benzene rings is 1. The van der Waals surface area contributed by atoms with Crippen LogP contribution in [0.1, 0.15) is 31.7 Å². The SMILES string of the molecule is CCOOC/C=C/c1ccc(NC(=O)C2(N)CCC2)cc1. The molecule has 21 heavy (non-hydrogen) atoms. The van der Waals surface area contributed by atoms with Crippen molar-refractivity contribution in [3.8, 4) is 0 Å². The fourth-order valence-corrected chi connectivity index (χ4v) is 2.07. The van der Waals surface area contributed by atoms with E-state index < -0.39 is 5.54 Å². The molecule has 1 fully saturated rings. The summed E-state index contributed by atoms with van der Waals surface area (Å²) >= 11 is 0. The van der Waals surface area contributed by atoms with Crippen molar-refractivity contribution in [2.75, 3.05) is 18.5 Å². The van der Waals surface area contributed by atoms with Crippen molar-refractivity contribution in [2.24, 2.45) is 5.73 Å². The van der Waals surface area contributed by atoms with Crippen molar-refractivity contribution in [1.82, 2.24) is 0 Å². The van der Waals surface area contributed by atoms with Gasteiger partial charge in [-0.25, -0.2) is 9.78 Å². The average molecular weight is 290 g/mol.